The molecule has 90 valence electrons. The van der Waals surface area contributed by atoms with Crippen LogP contribution in [0.2, 0.25) is 0 Å². The minimum Gasteiger partial charge on any atom is -0.330 e. The van der Waals surface area contributed by atoms with E-state index in [2.05, 4.69) is 37.6 Å². The van der Waals surface area contributed by atoms with E-state index in [-0.39, 0.29) is 0 Å². The van der Waals surface area contributed by atoms with Gasteiger partial charge in [0.15, 0.2) is 0 Å². The first-order valence-electron chi connectivity index (χ1n) is 6.22. The Morgan fingerprint density at radius 1 is 1.40 bits per heavy atom. The number of rotatable bonds is 3. The van der Waals surface area contributed by atoms with Gasteiger partial charge < -0.3 is 10.6 Å². The monoisotopic (exact) mass is 213 g/mol. The molecular weight excluding hydrogens is 186 g/mol. The van der Waals surface area contributed by atoms with Gasteiger partial charge in [0.05, 0.1) is 0 Å². The van der Waals surface area contributed by atoms with E-state index in [0.717, 1.165) is 13.0 Å². The summed E-state index contributed by atoms with van der Waals surface area (Å²) in [5.74, 6) is 0. The first-order valence-corrected chi connectivity index (χ1v) is 6.22. The number of nitrogens with zero attached hydrogens (tertiary/aromatic N) is 2. The van der Waals surface area contributed by atoms with E-state index in [9.17, 15) is 0 Å². The second-order valence-electron chi connectivity index (χ2n) is 5.14. The van der Waals surface area contributed by atoms with Crippen molar-refractivity contribution >= 4 is 0 Å². The van der Waals surface area contributed by atoms with Crippen molar-refractivity contribution in [2.24, 2.45) is 5.73 Å². The van der Waals surface area contributed by atoms with E-state index in [4.69, 9.17) is 5.73 Å². The average molecular weight is 213 g/mol. The molecule has 0 aliphatic carbocycles. The molecule has 0 amide bonds. The molecule has 0 aromatic heterocycles. The molecule has 1 heterocycles. The molecule has 2 N–H and O–H groups in total. The van der Waals surface area contributed by atoms with Gasteiger partial charge in [0.1, 0.15) is 0 Å². The minimum atomic E-state index is 0.641. The topological polar surface area (TPSA) is 32.5 Å². The van der Waals surface area contributed by atoms with Gasteiger partial charge in [-0.25, -0.2) is 0 Å². The van der Waals surface area contributed by atoms with Crippen LogP contribution >= 0.6 is 0 Å². The Morgan fingerprint density at radius 2 is 2.07 bits per heavy atom. The third kappa shape index (κ3) is 3.44. The SMILES string of the molecule is CC(C)N1CC(CCN)N(C)CCC1C. The molecule has 1 aliphatic heterocycles. The molecule has 3 heteroatoms. The Bertz CT molecular complexity index is 182. The minimum absolute atomic E-state index is 0.641. The molecule has 0 aromatic rings. The lowest BCUT2D eigenvalue weighted by molar-refractivity contribution is 0.142. The van der Waals surface area contributed by atoms with Crippen LogP contribution in [0.15, 0.2) is 0 Å². The van der Waals surface area contributed by atoms with Crippen LogP contribution in [-0.2, 0) is 0 Å². The highest BCUT2D eigenvalue weighted by Crippen LogP contribution is 2.18. The summed E-state index contributed by atoms with van der Waals surface area (Å²) < 4.78 is 0. The number of nitrogens with two attached hydrogens (primary N) is 1. The molecule has 0 saturated carbocycles. The normalized spacial score (nSPS) is 30.8. The van der Waals surface area contributed by atoms with E-state index in [0.29, 0.717) is 18.1 Å². The van der Waals surface area contributed by atoms with E-state index in [1.54, 1.807) is 0 Å². The van der Waals surface area contributed by atoms with Gasteiger partial charge in [0.25, 0.3) is 0 Å². The largest absolute Gasteiger partial charge is 0.330 e. The maximum Gasteiger partial charge on any atom is 0.0232 e. The molecule has 15 heavy (non-hydrogen) atoms. The molecule has 1 rings (SSSR count). The van der Waals surface area contributed by atoms with E-state index in [1.165, 1.54) is 19.5 Å². The van der Waals surface area contributed by atoms with Gasteiger partial charge in [-0.05, 0) is 53.8 Å². The van der Waals surface area contributed by atoms with Gasteiger partial charge in [-0.15, -0.1) is 0 Å². The maximum atomic E-state index is 5.68. The number of hydrogen-bond acceptors (Lipinski definition) is 3. The highest BCUT2D eigenvalue weighted by molar-refractivity contribution is 4.83. The smallest absolute Gasteiger partial charge is 0.0232 e. The van der Waals surface area contributed by atoms with Gasteiger partial charge in [-0.3, -0.25) is 4.90 Å². The number of hydrogen-bond donors (Lipinski definition) is 1. The van der Waals surface area contributed by atoms with Crippen molar-refractivity contribution in [2.75, 3.05) is 26.7 Å². The van der Waals surface area contributed by atoms with Crippen molar-refractivity contribution < 1.29 is 0 Å². The lowest BCUT2D eigenvalue weighted by atomic mass is 10.1. The van der Waals surface area contributed by atoms with E-state index >= 15 is 0 Å². The zero-order chi connectivity index (χ0) is 11.4. The fraction of sp³-hybridized carbons (Fsp3) is 1.00. The van der Waals surface area contributed by atoms with Crippen LogP contribution in [0.25, 0.3) is 0 Å². The Kier molecular flexibility index (Phi) is 5.03. The van der Waals surface area contributed by atoms with Crippen molar-refractivity contribution in [3.05, 3.63) is 0 Å². The van der Waals surface area contributed by atoms with Crippen molar-refractivity contribution in [2.45, 2.75) is 51.7 Å². The Hall–Kier alpha value is -0.120. The van der Waals surface area contributed by atoms with Crippen LogP contribution in [0, 0.1) is 0 Å². The highest BCUT2D eigenvalue weighted by atomic mass is 15.3. The van der Waals surface area contributed by atoms with Crippen LogP contribution in [0.4, 0.5) is 0 Å². The predicted octanol–water partition coefficient (Wildman–Crippen LogP) is 1.14. The summed E-state index contributed by atoms with van der Waals surface area (Å²) in [5, 5.41) is 0. The lowest BCUT2D eigenvalue weighted by Crippen LogP contribution is -2.44. The average Bonchev–Trinajstić information content (AvgIpc) is 2.31. The molecule has 0 bridgehead atoms. The zero-order valence-electron chi connectivity index (χ0n) is 10.7. The fourth-order valence-corrected chi connectivity index (χ4v) is 2.53. The maximum absolute atomic E-state index is 5.68. The molecule has 0 radical (unpaired) electrons. The number of likely N-dealkylation sites (N-methyl/N-ethyl adjacent to an activating group) is 1. The Balaban J connectivity index is 2.65. The van der Waals surface area contributed by atoms with E-state index < -0.39 is 0 Å². The second-order valence-corrected chi connectivity index (χ2v) is 5.14. The molecular formula is C12H27N3. The van der Waals surface area contributed by atoms with Gasteiger partial charge in [-0.2, -0.15) is 0 Å². The fourth-order valence-electron chi connectivity index (χ4n) is 2.53. The van der Waals surface area contributed by atoms with Crippen molar-refractivity contribution in [1.29, 1.82) is 0 Å². The summed E-state index contributed by atoms with van der Waals surface area (Å²) in [6.45, 7) is 10.1. The van der Waals surface area contributed by atoms with E-state index in [1.807, 2.05) is 0 Å². The summed E-state index contributed by atoms with van der Waals surface area (Å²) in [6, 6.07) is 1.99. The predicted molar refractivity (Wildman–Crippen MR) is 66.0 cm³/mol. The van der Waals surface area contributed by atoms with Crippen LogP contribution in [0.1, 0.15) is 33.6 Å². The third-order valence-corrected chi connectivity index (χ3v) is 3.67. The quantitative estimate of drug-likeness (QED) is 0.763. The third-order valence-electron chi connectivity index (χ3n) is 3.67. The summed E-state index contributed by atoms with van der Waals surface area (Å²) in [4.78, 5) is 5.09. The van der Waals surface area contributed by atoms with Crippen LogP contribution < -0.4 is 5.73 Å². The second kappa shape index (κ2) is 5.83. The summed E-state index contributed by atoms with van der Waals surface area (Å²) in [7, 11) is 2.23. The van der Waals surface area contributed by atoms with Crippen LogP contribution in [-0.4, -0.2) is 54.6 Å². The molecule has 2 atom stereocenters. The standard InChI is InChI=1S/C12H27N3/c1-10(2)15-9-12(5-7-13)14(4)8-6-11(15)3/h10-12H,5-9,13H2,1-4H3. The highest BCUT2D eigenvalue weighted by Gasteiger charge is 2.27. The first-order chi connectivity index (χ1) is 7.06. The Morgan fingerprint density at radius 3 is 2.60 bits per heavy atom. The molecule has 0 spiro atoms. The summed E-state index contributed by atoms with van der Waals surface area (Å²) in [5.41, 5.74) is 5.68. The van der Waals surface area contributed by atoms with Crippen molar-refractivity contribution in [3.8, 4) is 0 Å². The lowest BCUT2D eigenvalue weighted by Gasteiger charge is -2.33. The van der Waals surface area contributed by atoms with Crippen LogP contribution in [0.3, 0.4) is 0 Å². The molecule has 0 aromatic carbocycles. The van der Waals surface area contributed by atoms with Gasteiger partial charge in [0, 0.05) is 24.7 Å². The molecule has 1 saturated heterocycles. The molecule has 1 fully saturated rings. The molecule has 2 unspecified atom stereocenters. The van der Waals surface area contributed by atoms with Gasteiger partial charge in [-0.1, -0.05) is 0 Å². The van der Waals surface area contributed by atoms with Crippen molar-refractivity contribution in [3.63, 3.8) is 0 Å². The van der Waals surface area contributed by atoms with Crippen molar-refractivity contribution in [1.82, 2.24) is 9.80 Å². The molecule has 3 nitrogen and oxygen atoms in total. The zero-order valence-corrected chi connectivity index (χ0v) is 10.7. The summed E-state index contributed by atoms with van der Waals surface area (Å²) in [6.07, 6.45) is 2.39. The summed E-state index contributed by atoms with van der Waals surface area (Å²) >= 11 is 0. The van der Waals surface area contributed by atoms with Gasteiger partial charge >= 0.3 is 0 Å². The van der Waals surface area contributed by atoms with Gasteiger partial charge in [0.2, 0.25) is 0 Å². The molecule has 1 aliphatic rings. The Labute approximate surface area is 94.6 Å². The van der Waals surface area contributed by atoms with Crippen LogP contribution in [0.5, 0.6) is 0 Å². The first kappa shape index (κ1) is 12.9.